The number of aryl methyl sites for hydroxylation is 2. The fraction of sp³-hybridized carbons (Fsp3) is 0.115. The normalized spacial score (nSPS) is 11.9. The van der Waals surface area contributed by atoms with Crippen molar-refractivity contribution >= 4 is 71.7 Å². The van der Waals surface area contributed by atoms with E-state index in [0.717, 1.165) is 69.3 Å². The summed E-state index contributed by atoms with van der Waals surface area (Å²) >= 11 is 0.794. The zero-order chi connectivity index (χ0) is 21.3. The maximum atomic E-state index is 6.44. The standard InChI is InChI=1S/C26H20N2O2.Bi.2H/c1-16-22(29-3)13-12-19-17-8-4-6-10-21(17)28(24(16)19)26-25-20(14-15-27(26)2)18-9-5-7-11-23(18)30-25;;;/h5-15H,1-3H3;;;/q+1;;;. The second-order valence-corrected chi connectivity index (χ2v) is 10.6. The molecule has 6 rings (SSSR count). The van der Waals surface area contributed by atoms with Gasteiger partial charge in [0, 0.05) is 0 Å². The molecule has 5 heteroatoms. The van der Waals surface area contributed by atoms with Gasteiger partial charge in [-0.25, -0.2) is 0 Å². The number of benzene rings is 3. The van der Waals surface area contributed by atoms with E-state index in [2.05, 4.69) is 77.8 Å². The first-order valence-corrected chi connectivity index (χ1v) is 12.5. The summed E-state index contributed by atoms with van der Waals surface area (Å²) in [7, 11) is 3.82. The molecule has 0 saturated heterocycles. The zero-order valence-corrected chi connectivity index (χ0v) is 22.1. The van der Waals surface area contributed by atoms with Crippen molar-refractivity contribution in [2.75, 3.05) is 7.11 Å². The van der Waals surface area contributed by atoms with Crippen molar-refractivity contribution in [1.82, 2.24) is 4.57 Å². The monoisotopic (exact) mass is 603 g/mol. The molecule has 3 heterocycles. The van der Waals surface area contributed by atoms with Crippen LogP contribution in [0, 0.1) is 6.92 Å². The van der Waals surface area contributed by atoms with Gasteiger partial charge in [-0.15, -0.1) is 0 Å². The molecule has 152 valence electrons. The number of aromatic nitrogens is 2. The van der Waals surface area contributed by atoms with Crippen LogP contribution in [0.1, 0.15) is 5.56 Å². The van der Waals surface area contributed by atoms with Crippen LogP contribution in [0.4, 0.5) is 0 Å². The molecule has 0 N–H and O–H groups in total. The van der Waals surface area contributed by atoms with Crippen LogP contribution in [-0.2, 0) is 7.05 Å². The Morgan fingerprint density at radius 2 is 1.77 bits per heavy atom. The van der Waals surface area contributed by atoms with Gasteiger partial charge >= 0.3 is 195 Å². The Labute approximate surface area is 194 Å². The Kier molecular flexibility index (Phi) is 4.13. The Bertz CT molecular complexity index is 1660. The number of furan rings is 1. The van der Waals surface area contributed by atoms with Crippen molar-refractivity contribution in [3.63, 3.8) is 0 Å². The van der Waals surface area contributed by atoms with E-state index in [1.165, 1.54) is 19.6 Å². The predicted molar refractivity (Wildman–Crippen MR) is 129 cm³/mol. The zero-order valence-electron chi connectivity index (χ0n) is 17.6. The van der Waals surface area contributed by atoms with E-state index in [1.54, 1.807) is 7.11 Å². The van der Waals surface area contributed by atoms with E-state index in [4.69, 9.17) is 9.15 Å². The SMILES string of the molecule is COc1ccc2c3c[c]([BiH2])ccc3n(-c3c4oc5ccccc5c4cc[n+]3C)c2c1C. The molecule has 4 nitrogen and oxygen atoms in total. The molecule has 0 fully saturated rings. The molecule has 3 aromatic heterocycles. The van der Waals surface area contributed by atoms with Crippen LogP contribution >= 0.6 is 0 Å². The van der Waals surface area contributed by atoms with Gasteiger partial charge in [-0.2, -0.15) is 0 Å². The van der Waals surface area contributed by atoms with Gasteiger partial charge in [0.15, 0.2) is 0 Å². The van der Waals surface area contributed by atoms with E-state index in [1.807, 2.05) is 12.1 Å². The number of nitrogens with zero attached hydrogens (tertiary/aromatic N) is 2. The molecule has 3 aromatic carbocycles. The first kappa shape index (κ1) is 18.8. The van der Waals surface area contributed by atoms with Gasteiger partial charge in [-0.1, -0.05) is 0 Å². The van der Waals surface area contributed by atoms with Crippen LogP contribution in [0.3, 0.4) is 0 Å². The summed E-state index contributed by atoms with van der Waals surface area (Å²) in [5, 5.41) is 4.77. The minimum absolute atomic E-state index is 0.794. The van der Waals surface area contributed by atoms with Crippen LogP contribution in [0.5, 0.6) is 5.75 Å². The quantitative estimate of drug-likeness (QED) is 0.221. The van der Waals surface area contributed by atoms with Crippen LogP contribution in [0.2, 0.25) is 0 Å². The number of rotatable bonds is 2. The average molecular weight is 603 g/mol. The van der Waals surface area contributed by atoms with Crippen LogP contribution in [-0.4, -0.2) is 36.4 Å². The molecule has 0 aliphatic heterocycles. The number of ether oxygens (including phenoxy) is 1. The molecular formula is C26H22BiN2O2+. The molecule has 0 amide bonds. The van der Waals surface area contributed by atoms with Gasteiger partial charge in [-0.3, -0.25) is 0 Å². The molecule has 0 bridgehead atoms. The maximum absolute atomic E-state index is 6.44. The van der Waals surface area contributed by atoms with E-state index in [-0.39, 0.29) is 0 Å². The van der Waals surface area contributed by atoms with Crippen LogP contribution in [0.15, 0.2) is 71.3 Å². The third-order valence-corrected chi connectivity index (χ3v) is 7.62. The minimum atomic E-state index is 0.794. The molecular weight excluding hydrogens is 581 g/mol. The van der Waals surface area contributed by atoms with Gasteiger partial charge in [0.2, 0.25) is 0 Å². The molecule has 0 aliphatic rings. The Morgan fingerprint density at radius 3 is 2.61 bits per heavy atom. The number of para-hydroxylation sites is 1. The van der Waals surface area contributed by atoms with Crippen molar-refractivity contribution in [1.29, 1.82) is 0 Å². The fourth-order valence-electron chi connectivity index (χ4n) is 4.79. The summed E-state index contributed by atoms with van der Waals surface area (Å²) in [5.41, 5.74) is 5.27. The summed E-state index contributed by atoms with van der Waals surface area (Å²) < 4.78 is 18.0. The molecule has 0 aliphatic carbocycles. The van der Waals surface area contributed by atoms with Crippen molar-refractivity contribution < 1.29 is 13.7 Å². The number of hydrogen-bond donors (Lipinski definition) is 0. The summed E-state index contributed by atoms with van der Waals surface area (Å²) in [6.07, 6.45) is 2.12. The van der Waals surface area contributed by atoms with Crippen molar-refractivity contribution in [2.24, 2.45) is 7.05 Å². The Balaban J connectivity index is 1.88. The molecule has 0 radical (unpaired) electrons. The second kappa shape index (κ2) is 6.80. The van der Waals surface area contributed by atoms with Crippen molar-refractivity contribution in [2.45, 2.75) is 6.92 Å². The Morgan fingerprint density at radius 1 is 0.935 bits per heavy atom. The number of pyridine rings is 1. The fourth-order valence-corrected chi connectivity index (χ4v) is 5.81. The van der Waals surface area contributed by atoms with Crippen molar-refractivity contribution in [3.05, 3.63) is 72.4 Å². The van der Waals surface area contributed by atoms with E-state index < -0.39 is 0 Å². The van der Waals surface area contributed by atoms with Gasteiger partial charge in [0.05, 0.1) is 0 Å². The average Bonchev–Trinajstić information content (AvgIpc) is 3.30. The third kappa shape index (κ3) is 2.59. The van der Waals surface area contributed by atoms with E-state index in [9.17, 15) is 0 Å². The molecule has 0 spiro atoms. The molecule has 0 unspecified atom stereocenters. The number of hydrogen-bond acceptors (Lipinski definition) is 2. The van der Waals surface area contributed by atoms with Gasteiger partial charge in [0.25, 0.3) is 0 Å². The number of methoxy groups -OCH3 is 1. The summed E-state index contributed by atoms with van der Waals surface area (Å²) in [5.74, 6) is 1.91. The third-order valence-electron chi connectivity index (χ3n) is 6.22. The van der Waals surface area contributed by atoms with E-state index >= 15 is 0 Å². The Hall–Kier alpha value is -2.91. The van der Waals surface area contributed by atoms with Gasteiger partial charge < -0.3 is 0 Å². The van der Waals surface area contributed by atoms with Crippen molar-refractivity contribution in [3.8, 4) is 11.6 Å². The molecule has 0 atom stereocenters. The van der Waals surface area contributed by atoms with E-state index in [0.29, 0.717) is 0 Å². The van der Waals surface area contributed by atoms with Crippen LogP contribution in [0.25, 0.3) is 49.6 Å². The molecule has 31 heavy (non-hydrogen) atoms. The summed E-state index contributed by atoms with van der Waals surface area (Å²) in [6, 6.07) is 21.5. The molecule has 0 saturated carbocycles. The van der Waals surface area contributed by atoms with Gasteiger partial charge in [0.1, 0.15) is 0 Å². The van der Waals surface area contributed by atoms with Crippen LogP contribution < -0.4 is 12.6 Å². The topological polar surface area (TPSA) is 31.2 Å². The first-order chi connectivity index (χ1) is 15.1. The summed E-state index contributed by atoms with van der Waals surface area (Å²) in [4.78, 5) is 0. The number of fused-ring (bicyclic) bond motifs is 6. The first-order valence-electron chi connectivity index (χ1n) is 10.3. The second-order valence-electron chi connectivity index (χ2n) is 7.99. The predicted octanol–water partition coefficient (Wildman–Crippen LogP) is 4.08. The summed E-state index contributed by atoms with van der Waals surface area (Å²) in [6.45, 7) is 2.14. The molecule has 6 aromatic rings. The van der Waals surface area contributed by atoms with Gasteiger partial charge in [-0.05, 0) is 0 Å².